The van der Waals surface area contributed by atoms with Gasteiger partial charge in [-0.25, -0.2) is 9.78 Å². The van der Waals surface area contributed by atoms with Crippen LogP contribution in [0.1, 0.15) is 10.4 Å². The molecule has 4 nitrogen and oxygen atoms in total. The normalized spacial score (nSPS) is 9.23. The molecule has 0 unspecified atom stereocenters. The van der Waals surface area contributed by atoms with Crippen molar-refractivity contribution in [2.75, 3.05) is 11.9 Å². The third-order valence-electron chi connectivity index (χ3n) is 1.43. The molecule has 0 aliphatic carbocycles. The third-order valence-corrected chi connectivity index (χ3v) is 1.43. The molecule has 0 fully saturated rings. The topological polar surface area (TPSA) is 62.2 Å². The summed E-state index contributed by atoms with van der Waals surface area (Å²) in [6.45, 7) is 4.09. The first-order valence-electron chi connectivity index (χ1n) is 3.78. The minimum atomic E-state index is -0.955. The number of aromatic nitrogens is 1. The number of hydrogen-bond donors (Lipinski definition) is 2. The molecule has 0 spiro atoms. The predicted molar refractivity (Wildman–Crippen MR) is 49.9 cm³/mol. The van der Waals surface area contributed by atoms with E-state index in [1.807, 2.05) is 0 Å². The summed E-state index contributed by atoms with van der Waals surface area (Å²) in [5.41, 5.74) is 0.224. The van der Waals surface area contributed by atoms with Gasteiger partial charge in [0.25, 0.3) is 0 Å². The second-order valence-corrected chi connectivity index (χ2v) is 2.40. The maximum absolute atomic E-state index is 10.6. The first kappa shape index (κ1) is 9.25. The molecule has 0 atom stereocenters. The van der Waals surface area contributed by atoms with Crippen molar-refractivity contribution in [2.24, 2.45) is 0 Å². The highest BCUT2D eigenvalue weighted by molar-refractivity contribution is 5.88. The number of aromatic carboxylic acids is 1. The zero-order chi connectivity index (χ0) is 9.68. The highest BCUT2D eigenvalue weighted by atomic mass is 16.4. The lowest BCUT2D eigenvalue weighted by molar-refractivity contribution is 0.0697. The van der Waals surface area contributed by atoms with Gasteiger partial charge in [-0.1, -0.05) is 6.08 Å². The zero-order valence-corrected chi connectivity index (χ0v) is 7.03. The standard InChI is InChI=1S/C9H10N2O2/c1-2-4-10-8-6-7(9(12)13)3-5-11-8/h2-3,5-6H,1,4H2,(H,10,11)(H,12,13). The molecule has 2 N–H and O–H groups in total. The van der Waals surface area contributed by atoms with E-state index in [0.29, 0.717) is 12.4 Å². The number of carboxylic acids is 1. The summed E-state index contributed by atoms with van der Waals surface area (Å²) in [6, 6.07) is 2.92. The quantitative estimate of drug-likeness (QED) is 0.683. The predicted octanol–water partition coefficient (Wildman–Crippen LogP) is 1.38. The van der Waals surface area contributed by atoms with Crippen LogP contribution in [0.15, 0.2) is 31.0 Å². The van der Waals surface area contributed by atoms with Gasteiger partial charge in [0.1, 0.15) is 5.82 Å². The molecule has 1 aromatic rings. The summed E-state index contributed by atoms with van der Waals surface area (Å²) in [4.78, 5) is 14.5. The van der Waals surface area contributed by atoms with E-state index in [4.69, 9.17) is 5.11 Å². The van der Waals surface area contributed by atoms with Gasteiger partial charge in [-0.15, -0.1) is 6.58 Å². The minimum Gasteiger partial charge on any atom is -0.478 e. The Morgan fingerprint density at radius 3 is 3.15 bits per heavy atom. The van der Waals surface area contributed by atoms with E-state index in [-0.39, 0.29) is 5.56 Å². The molecule has 13 heavy (non-hydrogen) atoms. The van der Waals surface area contributed by atoms with Crippen LogP contribution in [0, 0.1) is 0 Å². The zero-order valence-electron chi connectivity index (χ0n) is 7.03. The van der Waals surface area contributed by atoms with Crippen molar-refractivity contribution in [3.05, 3.63) is 36.5 Å². The van der Waals surface area contributed by atoms with Crippen LogP contribution in [0.2, 0.25) is 0 Å². The van der Waals surface area contributed by atoms with E-state index in [1.165, 1.54) is 18.3 Å². The van der Waals surface area contributed by atoms with E-state index < -0.39 is 5.97 Å². The Bertz CT molecular complexity index is 323. The van der Waals surface area contributed by atoms with Gasteiger partial charge in [-0.05, 0) is 12.1 Å². The molecule has 0 bridgehead atoms. The molecule has 68 valence electrons. The van der Waals surface area contributed by atoms with E-state index >= 15 is 0 Å². The fourth-order valence-electron chi connectivity index (χ4n) is 0.837. The first-order valence-corrected chi connectivity index (χ1v) is 3.78. The van der Waals surface area contributed by atoms with Gasteiger partial charge in [-0.3, -0.25) is 0 Å². The van der Waals surface area contributed by atoms with Crippen LogP contribution in [-0.4, -0.2) is 22.6 Å². The Kier molecular flexibility index (Phi) is 3.03. The number of hydrogen-bond acceptors (Lipinski definition) is 3. The molecule has 0 aliphatic rings. The number of nitrogens with zero attached hydrogens (tertiary/aromatic N) is 1. The fraction of sp³-hybridized carbons (Fsp3) is 0.111. The second-order valence-electron chi connectivity index (χ2n) is 2.40. The molecule has 1 rings (SSSR count). The van der Waals surface area contributed by atoms with E-state index in [2.05, 4.69) is 16.9 Å². The SMILES string of the molecule is C=CCNc1cc(C(=O)O)ccn1. The van der Waals surface area contributed by atoms with Crippen molar-refractivity contribution in [1.29, 1.82) is 0 Å². The van der Waals surface area contributed by atoms with Gasteiger partial charge in [0.15, 0.2) is 0 Å². The Morgan fingerprint density at radius 1 is 1.77 bits per heavy atom. The van der Waals surface area contributed by atoms with Gasteiger partial charge in [0.05, 0.1) is 5.56 Å². The monoisotopic (exact) mass is 178 g/mol. The Balaban J connectivity index is 2.79. The number of rotatable bonds is 4. The number of pyridine rings is 1. The van der Waals surface area contributed by atoms with Crippen molar-refractivity contribution in [2.45, 2.75) is 0 Å². The molecule has 0 radical (unpaired) electrons. The summed E-state index contributed by atoms with van der Waals surface area (Å²) in [5.74, 6) is -0.413. The Hall–Kier alpha value is -1.84. The first-order chi connectivity index (χ1) is 6.24. The van der Waals surface area contributed by atoms with Crippen LogP contribution in [0.25, 0.3) is 0 Å². The molecule has 0 aromatic carbocycles. The van der Waals surface area contributed by atoms with Crippen LogP contribution in [0.5, 0.6) is 0 Å². The molecule has 4 heteroatoms. The van der Waals surface area contributed by atoms with Crippen molar-refractivity contribution in [3.8, 4) is 0 Å². The molecule has 0 saturated carbocycles. The maximum Gasteiger partial charge on any atom is 0.335 e. The van der Waals surface area contributed by atoms with Gasteiger partial charge in [-0.2, -0.15) is 0 Å². The molecular formula is C9H10N2O2. The van der Waals surface area contributed by atoms with Crippen LogP contribution >= 0.6 is 0 Å². The van der Waals surface area contributed by atoms with Crippen LogP contribution in [-0.2, 0) is 0 Å². The number of anilines is 1. The molecule has 0 amide bonds. The van der Waals surface area contributed by atoms with E-state index in [0.717, 1.165) is 0 Å². The average molecular weight is 178 g/mol. The van der Waals surface area contributed by atoms with Crippen molar-refractivity contribution in [1.82, 2.24) is 4.98 Å². The van der Waals surface area contributed by atoms with E-state index in [9.17, 15) is 4.79 Å². The Labute approximate surface area is 75.9 Å². The van der Waals surface area contributed by atoms with Crippen molar-refractivity contribution in [3.63, 3.8) is 0 Å². The van der Waals surface area contributed by atoms with Gasteiger partial charge in [0, 0.05) is 12.7 Å². The summed E-state index contributed by atoms with van der Waals surface area (Å²) in [7, 11) is 0. The van der Waals surface area contributed by atoms with Gasteiger partial charge >= 0.3 is 5.97 Å². The van der Waals surface area contributed by atoms with Crippen molar-refractivity contribution < 1.29 is 9.90 Å². The molecule has 1 heterocycles. The molecule has 1 aromatic heterocycles. The largest absolute Gasteiger partial charge is 0.478 e. The smallest absolute Gasteiger partial charge is 0.335 e. The van der Waals surface area contributed by atoms with Gasteiger partial charge in [0.2, 0.25) is 0 Å². The minimum absolute atomic E-state index is 0.224. The maximum atomic E-state index is 10.6. The Morgan fingerprint density at radius 2 is 2.54 bits per heavy atom. The van der Waals surface area contributed by atoms with Gasteiger partial charge < -0.3 is 10.4 Å². The second kappa shape index (κ2) is 4.25. The highest BCUT2D eigenvalue weighted by Crippen LogP contribution is 2.05. The lowest BCUT2D eigenvalue weighted by Gasteiger charge is -2.01. The summed E-state index contributed by atoms with van der Waals surface area (Å²) in [5, 5.41) is 11.6. The lowest BCUT2D eigenvalue weighted by atomic mass is 10.2. The number of carboxylic acid groups (broad SMARTS) is 1. The average Bonchev–Trinajstić information content (AvgIpc) is 2.15. The van der Waals surface area contributed by atoms with Crippen LogP contribution < -0.4 is 5.32 Å². The summed E-state index contributed by atoms with van der Waals surface area (Å²) in [6.07, 6.45) is 3.13. The number of carbonyl (C=O) groups is 1. The highest BCUT2D eigenvalue weighted by Gasteiger charge is 2.02. The molecule has 0 saturated heterocycles. The summed E-state index contributed by atoms with van der Waals surface area (Å²) < 4.78 is 0. The van der Waals surface area contributed by atoms with Crippen molar-refractivity contribution >= 4 is 11.8 Å². The third kappa shape index (κ3) is 2.59. The molecule has 0 aliphatic heterocycles. The molecular weight excluding hydrogens is 168 g/mol. The lowest BCUT2D eigenvalue weighted by Crippen LogP contribution is -2.03. The fourth-order valence-corrected chi connectivity index (χ4v) is 0.837. The van der Waals surface area contributed by atoms with Crippen LogP contribution in [0.3, 0.4) is 0 Å². The van der Waals surface area contributed by atoms with E-state index in [1.54, 1.807) is 6.08 Å². The summed E-state index contributed by atoms with van der Waals surface area (Å²) >= 11 is 0. The van der Waals surface area contributed by atoms with Crippen LogP contribution in [0.4, 0.5) is 5.82 Å². The number of nitrogens with one attached hydrogen (secondary N) is 1.